The molecule has 3 N–H and O–H groups in total. The summed E-state index contributed by atoms with van der Waals surface area (Å²) in [6.07, 6.45) is 6.24. The Kier molecular flexibility index (Phi) is 7.94. The lowest BCUT2D eigenvalue weighted by Crippen LogP contribution is -2.19. The van der Waals surface area contributed by atoms with E-state index in [1.165, 1.54) is 12.1 Å². The number of aliphatic hydroxyl groups excluding tert-OH is 2. The molecule has 0 bridgehead atoms. The number of hydrogen-bond donors (Lipinski definition) is 3. The zero-order valence-corrected chi connectivity index (χ0v) is 18.3. The Bertz CT molecular complexity index is 1010. The summed E-state index contributed by atoms with van der Waals surface area (Å²) in [5.74, 6) is -1.07. The Labute approximate surface area is 188 Å². The van der Waals surface area contributed by atoms with Crippen molar-refractivity contribution in [1.82, 2.24) is 4.98 Å². The van der Waals surface area contributed by atoms with Crippen LogP contribution in [0.4, 0.5) is 4.39 Å². The molecule has 1 saturated carbocycles. The summed E-state index contributed by atoms with van der Waals surface area (Å²) >= 11 is 0. The van der Waals surface area contributed by atoms with Crippen molar-refractivity contribution in [1.29, 1.82) is 0 Å². The molecular weight excluding hydrogens is 409 g/mol. The first kappa shape index (κ1) is 23.8. The highest BCUT2D eigenvalue weighted by Gasteiger charge is 2.29. The number of carboxylic acids is 1. The van der Waals surface area contributed by atoms with Crippen LogP contribution in [-0.2, 0) is 11.2 Å². The third-order valence-electron chi connectivity index (χ3n) is 5.60. The van der Waals surface area contributed by atoms with E-state index in [0.29, 0.717) is 5.92 Å². The van der Waals surface area contributed by atoms with Crippen LogP contribution in [0, 0.1) is 12.7 Å². The van der Waals surface area contributed by atoms with Gasteiger partial charge in [-0.15, -0.1) is 6.58 Å². The van der Waals surface area contributed by atoms with Gasteiger partial charge < -0.3 is 15.3 Å². The second kappa shape index (κ2) is 10.7. The number of rotatable bonds is 11. The molecule has 2 aromatic rings. The van der Waals surface area contributed by atoms with Gasteiger partial charge in [0.05, 0.1) is 24.3 Å². The van der Waals surface area contributed by atoms with E-state index in [9.17, 15) is 19.4 Å². The molecule has 1 aliphatic rings. The Balaban J connectivity index is 2.02. The lowest BCUT2D eigenvalue weighted by Gasteiger charge is -2.17. The van der Waals surface area contributed by atoms with E-state index >= 15 is 0 Å². The van der Waals surface area contributed by atoms with Gasteiger partial charge in [-0.1, -0.05) is 24.3 Å². The highest BCUT2D eigenvalue weighted by molar-refractivity contribution is 5.79. The van der Waals surface area contributed by atoms with Crippen LogP contribution in [0.1, 0.15) is 60.5 Å². The van der Waals surface area contributed by atoms with Gasteiger partial charge in [0.15, 0.2) is 0 Å². The largest absolute Gasteiger partial charge is 0.481 e. The maximum atomic E-state index is 13.8. The number of aliphatic carboxylic acids is 1. The highest BCUT2D eigenvalue weighted by atomic mass is 19.1. The molecule has 6 heteroatoms. The van der Waals surface area contributed by atoms with Crippen molar-refractivity contribution < 1.29 is 24.5 Å². The summed E-state index contributed by atoms with van der Waals surface area (Å²) in [5, 5.41) is 29.0. The van der Waals surface area contributed by atoms with Crippen LogP contribution in [0.3, 0.4) is 0 Å². The van der Waals surface area contributed by atoms with E-state index in [-0.39, 0.29) is 12.2 Å². The van der Waals surface area contributed by atoms with Crippen LogP contribution in [0.5, 0.6) is 0 Å². The van der Waals surface area contributed by atoms with Crippen LogP contribution < -0.4 is 0 Å². The topological polar surface area (TPSA) is 90.7 Å². The molecule has 0 saturated heterocycles. The molecule has 170 valence electrons. The third kappa shape index (κ3) is 6.34. The number of aliphatic hydroxyl groups is 2. The molecule has 1 heterocycles. The zero-order chi connectivity index (χ0) is 23.3. The normalized spacial score (nSPS) is 15.6. The van der Waals surface area contributed by atoms with E-state index < -0.39 is 24.6 Å². The van der Waals surface area contributed by atoms with Gasteiger partial charge in [0.25, 0.3) is 0 Å². The number of carbonyl (C=O) groups is 1. The zero-order valence-electron chi connectivity index (χ0n) is 18.3. The smallest absolute Gasteiger partial charge is 0.305 e. The number of halogens is 1. The number of nitrogens with zero attached hydrogens (tertiary/aromatic N) is 1. The molecule has 0 amide bonds. The lowest BCUT2D eigenvalue weighted by molar-refractivity contribution is -0.139. The molecule has 1 aromatic heterocycles. The molecule has 2 unspecified atom stereocenters. The third-order valence-corrected chi connectivity index (χ3v) is 5.60. The molecule has 2 atom stereocenters. The summed E-state index contributed by atoms with van der Waals surface area (Å²) < 4.78 is 13.8. The Hall–Kier alpha value is -2.83. The number of allylic oxidation sites excluding steroid dienone is 1. The van der Waals surface area contributed by atoms with Crippen molar-refractivity contribution in [2.75, 3.05) is 0 Å². The standard InChI is InChI=1S/C26H30FNO4/c1-3-4-5-19-13-24(22-10-8-18(27)12-16(22)2)23(26(28-19)17-6-7-17)11-9-20(29)14-21(30)15-25(31)32/h3,8-13,17,20-21,29-30H,1,4-7,14-15H2,2H3,(H,31,32)/b11-9+. The van der Waals surface area contributed by atoms with Crippen molar-refractivity contribution in [2.24, 2.45) is 0 Å². The molecule has 1 fully saturated rings. The molecule has 0 spiro atoms. The van der Waals surface area contributed by atoms with Gasteiger partial charge in [0, 0.05) is 23.6 Å². The summed E-state index contributed by atoms with van der Waals surface area (Å²) in [4.78, 5) is 15.7. The molecule has 32 heavy (non-hydrogen) atoms. The molecule has 1 aromatic carbocycles. The molecule has 5 nitrogen and oxygen atoms in total. The fraction of sp³-hybridized carbons (Fsp3) is 0.385. The van der Waals surface area contributed by atoms with Crippen LogP contribution >= 0.6 is 0 Å². The van der Waals surface area contributed by atoms with Crippen molar-refractivity contribution >= 4 is 12.0 Å². The fourth-order valence-corrected chi connectivity index (χ4v) is 3.85. The molecule has 0 radical (unpaired) electrons. The number of benzene rings is 1. The minimum absolute atomic E-state index is 0.0721. The van der Waals surface area contributed by atoms with Crippen molar-refractivity contribution in [3.8, 4) is 11.1 Å². The predicted molar refractivity (Wildman–Crippen MR) is 123 cm³/mol. The SMILES string of the molecule is C=CCCc1cc(-c2ccc(F)cc2C)c(/C=C/C(O)CC(O)CC(=O)O)c(C2CC2)n1. The predicted octanol–water partition coefficient (Wildman–Crippen LogP) is 4.79. The molecule has 3 rings (SSSR count). The van der Waals surface area contributed by atoms with Gasteiger partial charge in [-0.3, -0.25) is 9.78 Å². The number of carboxylic acid groups (broad SMARTS) is 1. The summed E-state index contributed by atoms with van der Waals surface area (Å²) in [7, 11) is 0. The van der Waals surface area contributed by atoms with Crippen molar-refractivity contribution in [3.05, 3.63) is 71.3 Å². The van der Waals surface area contributed by atoms with Crippen molar-refractivity contribution in [3.63, 3.8) is 0 Å². The van der Waals surface area contributed by atoms with Gasteiger partial charge >= 0.3 is 5.97 Å². The first-order chi connectivity index (χ1) is 15.3. The number of pyridine rings is 1. The van der Waals surface area contributed by atoms with Gasteiger partial charge in [-0.25, -0.2) is 4.39 Å². The minimum Gasteiger partial charge on any atom is -0.481 e. The Morgan fingerprint density at radius 1 is 1.28 bits per heavy atom. The average molecular weight is 440 g/mol. The van der Waals surface area contributed by atoms with Gasteiger partial charge in [0.1, 0.15) is 5.82 Å². The average Bonchev–Trinajstić information content (AvgIpc) is 3.55. The van der Waals surface area contributed by atoms with Crippen LogP contribution in [0.2, 0.25) is 0 Å². The number of hydrogen-bond acceptors (Lipinski definition) is 4. The van der Waals surface area contributed by atoms with Crippen molar-refractivity contribution in [2.45, 2.75) is 63.6 Å². The van der Waals surface area contributed by atoms with E-state index in [0.717, 1.165) is 59.3 Å². The highest BCUT2D eigenvalue weighted by Crippen LogP contribution is 2.44. The van der Waals surface area contributed by atoms with E-state index in [2.05, 4.69) is 6.58 Å². The molecular formula is C26H30FNO4. The van der Waals surface area contributed by atoms with Gasteiger partial charge in [-0.2, -0.15) is 0 Å². The van der Waals surface area contributed by atoms with Crippen LogP contribution in [0.15, 0.2) is 43.0 Å². The summed E-state index contributed by atoms with van der Waals surface area (Å²) in [5.41, 5.74) is 5.40. The number of aryl methyl sites for hydroxylation is 2. The maximum absolute atomic E-state index is 13.8. The first-order valence-electron chi connectivity index (χ1n) is 11.0. The number of aromatic nitrogens is 1. The molecule has 1 aliphatic carbocycles. The Morgan fingerprint density at radius 3 is 2.66 bits per heavy atom. The van der Waals surface area contributed by atoms with Gasteiger partial charge in [-0.05, 0) is 67.5 Å². The summed E-state index contributed by atoms with van der Waals surface area (Å²) in [6, 6.07) is 6.72. The second-order valence-corrected chi connectivity index (χ2v) is 8.43. The summed E-state index contributed by atoms with van der Waals surface area (Å²) in [6.45, 7) is 5.66. The first-order valence-corrected chi connectivity index (χ1v) is 11.0. The van der Waals surface area contributed by atoms with Crippen LogP contribution in [0.25, 0.3) is 17.2 Å². The quantitative estimate of drug-likeness (QED) is 0.438. The lowest BCUT2D eigenvalue weighted by atomic mass is 9.92. The maximum Gasteiger partial charge on any atom is 0.305 e. The Morgan fingerprint density at radius 2 is 2.03 bits per heavy atom. The second-order valence-electron chi connectivity index (χ2n) is 8.43. The fourth-order valence-electron chi connectivity index (χ4n) is 3.85. The van der Waals surface area contributed by atoms with Gasteiger partial charge in [0.2, 0.25) is 0 Å². The monoisotopic (exact) mass is 439 g/mol. The minimum atomic E-state index is -1.13. The van der Waals surface area contributed by atoms with E-state index in [1.54, 1.807) is 18.2 Å². The molecule has 0 aliphatic heterocycles. The van der Waals surface area contributed by atoms with E-state index in [4.69, 9.17) is 10.1 Å². The van der Waals surface area contributed by atoms with E-state index in [1.807, 2.05) is 19.1 Å². The van der Waals surface area contributed by atoms with Crippen LogP contribution in [-0.4, -0.2) is 38.5 Å².